The van der Waals surface area contributed by atoms with Gasteiger partial charge in [0.15, 0.2) is 0 Å². The highest BCUT2D eigenvalue weighted by Crippen LogP contribution is 2.20. The van der Waals surface area contributed by atoms with Gasteiger partial charge in [-0.3, -0.25) is 0 Å². The molecule has 2 N–H and O–H groups in total. The molecule has 1 unspecified atom stereocenters. The molecule has 0 amide bonds. The summed E-state index contributed by atoms with van der Waals surface area (Å²) in [6.07, 6.45) is 0.247. The molecular weight excluding hydrogens is 180 g/mol. The SMILES string of the molecule is CCC(O)c1cccc(OCCO)c1. The van der Waals surface area contributed by atoms with E-state index in [-0.39, 0.29) is 13.2 Å². The summed E-state index contributed by atoms with van der Waals surface area (Å²) < 4.78 is 5.23. The van der Waals surface area contributed by atoms with Crippen molar-refractivity contribution in [2.75, 3.05) is 13.2 Å². The van der Waals surface area contributed by atoms with Crippen molar-refractivity contribution in [3.8, 4) is 5.75 Å². The van der Waals surface area contributed by atoms with Gasteiger partial charge in [0.05, 0.1) is 12.7 Å². The van der Waals surface area contributed by atoms with Crippen LogP contribution in [0.15, 0.2) is 24.3 Å². The average Bonchev–Trinajstić information content (AvgIpc) is 2.25. The number of hydrogen-bond donors (Lipinski definition) is 2. The third-order valence-corrected chi connectivity index (χ3v) is 1.99. The first kappa shape index (κ1) is 11.0. The molecule has 0 saturated heterocycles. The maximum Gasteiger partial charge on any atom is 0.119 e. The Morgan fingerprint density at radius 1 is 1.43 bits per heavy atom. The van der Waals surface area contributed by atoms with Crippen LogP contribution in [-0.4, -0.2) is 23.4 Å². The van der Waals surface area contributed by atoms with E-state index in [0.717, 1.165) is 5.56 Å². The van der Waals surface area contributed by atoms with Crippen molar-refractivity contribution in [2.24, 2.45) is 0 Å². The Morgan fingerprint density at radius 2 is 2.21 bits per heavy atom. The predicted octanol–water partition coefficient (Wildman–Crippen LogP) is 1.50. The number of benzene rings is 1. The molecule has 3 nitrogen and oxygen atoms in total. The van der Waals surface area contributed by atoms with Crippen LogP contribution in [0.4, 0.5) is 0 Å². The molecule has 0 aliphatic heterocycles. The number of ether oxygens (including phenoxy) is 1. The largest absolute Gasteiger partial charge is 0.491 e. The Balaban J connectivity index is 2.68. The van der Waals surface area contributed by atoms with Gasteiger partial charge in [0.2, 0.25) is 0 Å². The summed E-state index contributed by atoms with van der Waals surface area (Å²) in [5.41, 5.74) is 0.850. The lowest BCUT2D eigenvalue weighted by molar-refractivity contribution is 0.172. The van der Waals surface area contributed by atoms with E-state index in [1.54, 1.807) is 6.07 Å². The lowest BCUT2D eigenvalue weighted by Gasteiger charge is -2.10. The van der Waals surface area contributed by atoms with Crippen LogP contribution in [0.25, 0.3) is 0 Å². The Labute approximate surface area is 84.0 Å². The Bertz CT molecular complexity index is 273. The molecule has 0 bridgehead atoms. The van der Waals surface area contributed by atoms with Gasteiger partial charge in [-0.2, -0.15) is 0 Å². The standard InChI is InChI=1S/C11H16O3/c1-2-11(13)9-4-3-5-10(8-9)14-7-6-12/h3-5,8,11-13H,2,6-7H2,1H3. The van der Waals surface area contributed by atoms with Gasteiger partial charge in [0.1, 0.15) is 12.4 Å². The fourth-order valence-electron chi connectivity index (χ4n) is 1.21. The fraction of sp³-hybridized carbons (Fsp3) is 0.455. The maximum atomic E-state index is 9.57. The van der Waals surface area contributed by atoms with E-state index in [9.17, 15) is 5.11 Å². The van der Waals surface area contributed by atoms with E-state index in [2.05, 4.69) is 0 Å². The van der Waals surface area contributed by atoms with Crippen molar-refractivity contribution in [3.63, 3.8) is 0 Å². The zero-order chi connectivity index (χ0) is 10.4. The van der Waals surface area contributed by atoms with E-state index in [1.165, 1.54) is 0 Å². The molecule has 1 aromatic rings. The normalized spacial score (nSPS) is 12.5. The highest BCUT2D eigenvalue weighted by atomic mass is 16.5. The smallest absolute Gasteiger partial charge is 0.119 e. The maximum absolute atomic E-state index is 9.57. The van der Waals surface area contributed by atoms with Crippen molar-refractivity contribution in [2.45, 2.75) is 19.4 Å². The highest BCUT2D eigenvalue weighted by molar-refractivity contribution is 5.29. The molecule has 1 aromatic carbocycles. The molecule has 0 saturated carbocycles. The molecule has 1 atom stereocenters. The Kier molecular flexibility index (Phi) is 4.43. The van der Waals surface area contributed by atoms with Gasteiger partial charge < -0.3 is 14.9 Å². The minimum Gasteiger partial charge on any atom is -0.491 e. The van der Waals surface area contributed by atoms with Gasteiger partial charge in [0, 0.05) is 0 Å². The van der Waals surface area contributed by atoms with Crippen LogP contribution in [0, 0.1) is 0 Å². The quantitative estimate of drug-likeness (QED) is 0.750. The topological polar surface area (TPSA) is 49.7 Å². The zero-order valence-electron chi connectivity index (χ0n) is 8.31. The molecule has 0 fully saturated rings. The van der Waals surface area contributed by atoms with Crippen LogP contribution in [0.3, 0.4) is 0 Å². The van der Waals surface area contributed by atoms with E-state index in [1.807, 2.05) is 25.1 Å². The van der Waals surface area contributed by atoms with Gasteiger partial charge in [-0.25, -0.2) is 0 Å². The van der Waals surface area contributed by atoms with E-state index in [0.29, 0.717) is 12.2 Å². The fourth-order valence-corrected chi connectivity index (χ4v) is 1.21. The molecule has 0 spiro atoms. The zero-order valence-corrected chi connectivity index (χ0v) is 8.31. The van der Waals surface area contributed by atoms with Crippen LogP contribution in [0.2, 0.25) is 0 Å². The Hall–Kier alpha value is -1.06. The highest BCUT2D eigenvalue weighted by Gasteiger charge is 2.05. The van der Waals surface area contributed by atoms with Crippen molar-refractivity contribution in [3.05, 3.63) is 29.8 Å². The van der Waals surface area contributed by atoms with Crippen LogP contribution in [0.1, 0.15) is 25.0 Å². The van der Waals surface area contributed by atoms with Gasteiger partial charge in [0.25, 0.3) is 0 Å². The molecule has 1 rings (SSSR count). The monoisotopic (exact) mass is 196 g/mol. The van der Waals surface area contributed by atoms with E-state index in [4.69, 9.17) is 9.84 Å². The molecule has 14 heavy (non-hydrogen) atoms. The van der Waals surface area contributed by atoms with Crippen molar-refractivity contribution < 1.29 is 14.9 Å². The van der Waals surface area contributed by atoms with Gasteiger partial charge in [-0.05, 0) is 24.1 Å². The first-order valence-electron chi connectivity index (χ1n) is 4.79. The molecule has 0 aliphatic rings. The summed E-state index contributed by atoms with van der Waals surface area (Å²) in [5, 5.41) is 18.2. The minimum atomic E-state index is -0.437. The second-order valence-electron chi connectivity index (χ2n) is 3.07. The van der Waals surface area contributed by atoms with Crippen LogP contribution >= 0.6 is 0 Å². The Morgan fingerprint density at radius 3 is 2.86 bits per heavy atom. The number of aliphatic hydroxyl groups is 2. The number of hydrogen-bond acceptors (Lipinski definition) is 3. The number of rotatable bonds is 5. The molecule has 0 aliphatic carbocycles. The number of aliphatic hydroxyl groups excluding tert-OH is 2. The second kappa shape index (κ2) is 5.62. The van der Waals surface area contributed by atoms with Crippen LogP contribution < -0.4 is 4.74 Å². The molecule has 0 radical (unpaired) electrons. The van der Waals surface area contributed by atoms with E-state index >= 15 is 0 Å². The molecular formula is C11H16O3. The summed E-state index contributed by atoms with van der Waals surface area (Å²) >= 11 is 0. The first-order valence-corrected chi connectivity index (χ1v) is 4.79. The average molecular weight is 196 g/mol. The third-order valence-electron chi connectivity index (χ3n) is 1.99. The van der Waals surface area contributed by atoms with Gasteiger partial charge in [-0.1, -0.05) is 19.1 Å². The van der Waals surface area contributed by atoms with Crippen molar-refractivity contribution in [1.82, 2.24) is 0 Å². The molecule has 0 aromatic heterocycles. The van der Waals surface area contributed by atoms with Crippen LogP contribution in [0.5, 0.6) is 5.75 Å². The summed E-state index contributed by atoms with van der Waals surface area (Å²) in [6.45, 7) is 2.21. The second-order valence-corrected chi connectivity index (χ2v) is 3.07. The lowest BCUT2D eigenvalue weighted by Crippen LogP contribution is -2.02. The van der Waals surface area contributed by atoms with Gasteiger partial charge in [-0.15, -0.1) is 0 Å². The molecule has 3 heteroatoms. The summed E-state index contributed by atoms with van der Waals surface area (Å²) in [4.78, 5) is 0. The minimum absolute atomic E-state index is 0.000555. The van der Waals surface area contributed by atoms with Crippen molar-refractivity contribution in [1.29, 1.82) is 0 Å². The lowest BCUT2D eigenvalue weighted by atomic mass is 10.1. The van der Waals surface area contributed by atoms with Gasteiger partial charge >= 0.3 is 0 Å². The molecule has 78 valence electrons. The summed E-state index contributed by atoms with van der Waals surface area (Å²) in [5.74, 6) is 0.684. The molecule has 0 heterocycles. The first-order chi connectivity index (χ1) is 6.77. The summed E-state index contributed by atoms with van der Waals surface area (Å²) in [6, 6.07) is 7.30. The third kappa shape index (κ3) is 3.01. The predicted molar refractivity (Wildman–Crippen MR) is 54.3 cm³/mol. The van der Waals surface area contributed by atoms with E-state index < -0.39 is 6.10 Å². The van der Waals surface area contributed by atoms with Crippen molar-refractivity contribution >= 4 is 0 Å². The van der Waals surface area contributed by atoms with Crippen LogP contribution in [-0.2, 0) is 0 Å². The summed E-state index contributed by atoms with van der Waals surface area (Å²) in [7, 11) is 0.